The maximum Gasteiger partial charge on any atom is 0.416 e. The molecule has 7 nitrogen and oxygen atoms in total. The van der Waals surface area contributed by atoms with E-state index in [2.05, 4.69) is 22.4 Å². The summed E-state index contributed by atoms with van der Waals surface area (Å²) >= 11 is 0. The van der Waals surface area contributed by atoms with Crippen molar-refractivity contribution in [3.8, 4) is 0 Å². The number of aliphatic hydroxyl groups is 1. The summed E-state index contributed by atoms with van der Waals surface area (Å²) in [7, 11) is 1.73. The third-order valence-corrected chi connectivity index (χ3v) is 8.07. The Morgan fingerprint density at radius 2 is 1.92 bits per heavy atom. The molecule has 1 aromatic heterocycles. The molecule has 3 aromatic rings. The van der Waals surface area contributed by atoms with Gasteiger partial charge in [-0.3, -0.25) is 4.79 Å². The van der Waals surface area contributed by atoms with Crippen molar-refractivity contribution >= 4 is 11.6 Å². The van der Waals surface area contributed by atoms with Gasteiger partial charge in [0.15, 0.2) is 11.4 Å². The van der Waals surface area contributed by atoms with Gasteiger partial charge in [0, 0.05) is 30.4 Å². The molecule has 10 heteroatoms. The number of anilines is 1. The zero-order chi connectivity index (χ0) is 27.5. The molecule has 2 heterocycles. The smallest absolute Gasteiger partial charge is 0.377 e. The highest BCUT2D eigenvalue weighted by Gasteiger charge is 2.43. The maximum atomic E-state index is 14.1. The van der Waals surface area contributed by atoms with Gasteiger partial charge in [-0.1, -0.05) is 26.0 Å². The third kappa shape index (κ3) is 4.39. The van der Waals surface area contributed by atoms with Gasteiger partial charge in [-0.05, 0) is 73.1 Å². The number of carbonyl (C=O) groups is 1. The van der Waals surface area contributed by atoms with E-state index in [0.29, 0.717) is 22.6 Å². The Morgan fingerprint density at radius 1 is 1.18 bits per heavy atom. The number of carbonyl (C=O) groups excluding carboxylic acids is 1. The number of halogens is 3. The molecule has 0 spiro atoms. The van der Waals surface area contributed by atoms with Crippen LogP contribution >= 0.6 is 0 Å². The summed E-state index contributed by atoms with van der Waals surface area (Å²) in [5.41, 5.74) is -1.04. The van der Waals surface area contributed by atoms with Crippen molar-refractivity contribution in [3.63, 3.8) is 0 Å². The van der Waals surface area contributed by atoms with Crippen LogP contribution in [0.15, 0.2) is 42.7 Å². The lowest BCUT2D eigenvalue weighted by Crippen LogP contribution is -2.47. The van der Waals surface area contributed by atoms with Crippen LogP contribution in [0.4, 0.5) is 18.9 Å². The molecule has 0 saturated heterocycles. The molecule has 2 aromatic carbocycles. The Labute approximate surface area is 219 Å². The first-order valence-corrected chi connectivity index (χ1v) is 12.8. The van der Waals surface area contributed by atoms with E-state index in [1.807, 2.05) is 13.8 Å². The lowest BCUT2D eigenvalue weighted by molar-refractivity contribution is -0.138. The van der Waals surface area contributed by atoms with E-state index >= 15 is 0 Å². The highest BCUT2D eigenvalue weighted by atomic mass is 19.4. The second kappa shape index (κ2) is 9.20. The third-order valence-electron chi connectivity index (χ3n) is 8.07. The van der Waals surface area contributed by atoms with E-state index in [-0.39, 0.29) is 35.7 Å². The highest BCUT2D eigenvalue weighted by molar-refractivity contribution is 6.10. The molecule has 0 radical (unpaired) electrons. The topological polar surface area (TPSA) is 83.3 Å². The molecule has 5 rings (SSSR count). The number of hydrogen-bond donors (Lipinski definition) is 2. The summed E-state index contributed by atoms with van der Waals surface area (Å²) in [6.07, 6.45) is -0.0592. The van der Waals surface area contributed by atoms with Crippen LogP contribution in [-0.4, -0.2) is 31.3 Å². The fourth-order valence-electron chi connectivity index (χ4n) is 5.49. The molecule has 1 fully saturated rings. The van der Waals surface area contributed by atoms with Crippen LogP contribution in [0.5, 0.6) is 0 Å². The van der Waals surface area contributed by atoms with Gasteiger partial charge in [-0.25, -0.2) is 0 Å². The minimum absolute atomic E-state index is 0.0288. The molecule has 0 bridgehead atoms. The van der Waals surface area contributed by atoms with Crippen LogP contribution in [-0.2, 0) is 31.9 Å². The van der Waals surface area contributed by atoms with Crippen LogP contribution < -0.4 is 10.2 Å². The van der Waals surface area contributed by atoms with Crippen LogP contribution in [0.25, 0.3) is 0 Å². The fraction of sp³-hybridized carbons (Fsp3) is 0.464. The molecule has 1 saturated carbocycles. The summed E-state index contributed by atoms with van der Waals surface area (Å²) in [6.45, 7) is 5.80. The molecule has 38 heavy (non-hydrogen) atoms. The number of hydrogen-bond acceptors (Lipinski definition) is 5. The predicted molar refractivity (Wildman–Crippen MR) is 136 cm³/mol. The minimum atomic E-state index is -4.60. The SMILES string of the molecule is CC(C)C(O)(c1cccc(N2Cc3c(cc(CNC4(C)CCC4)cc3C(F)(F)F)C2=O)c1)c1nncn1C. The van der Waals surface area contributed by atoms with Gasteiger partial charge < -0.3 is 19.9 Å². The molecule has 1 amide bonds. The van der Waals surface area contributed by atoms with E-state index in [9.17, 15) is 23.1 Å². The van der Waals surface area contributed by atoms with Gasteiger partial charge in [0.25, 0.3) is 5.91 Å². The normalized spacial score (nSPS) is 18.4. The van der Waals surface area contributed by atoms with Crippen LogP contribution in [0, 0.1) is 5.92 Å². The Balaban J connectivity index is 1.51. The first kappa shape index (κ1) is 26.4. The molecule has 1 atom stereocenters. The van der Waals surface area contributed by atoms with E-state index in [1.165, 1.54) is 11.2 Å². The number of alkyl halides is 3. The quantitative estimate of drug-likeness (QED) is 0.456. The van der Waals surface area contributed by atoms with Crippen molar-refractivity contribution in [1.29, 1.82) is 0 Å². The number of aromatic nitrogens is 3. The van der Waals surface area contributed by atoms with Crippen molar-refractivity contribution in [1.82, 2.24) is 20.1 Å². The number of nitrogens with zero attached hydrogens (tertiary/aromatic N) is 4. The second-order valence-corrected chi connectivity index (χ2v) is 11.1. The Kier molecular flexibility index (Phi) is 6.38. The molecule has 1 unspecified atom stereocenters. The number of rotatable bonds is 7. The Morgan fingerprint density at radius 3 is 2.50 bits per heavy atom. The number of amides is 1. The summed E-state index contributed by atoms with van der Waals surface area (Å²) in [6, 6.07) is 9.45. The van der Waals surface area contributed by atoms with Crippen LogP contribution in [0.3, 0.4) is 0 Å². The van der Waals surface area contributed by atoms with E-state index < -0.39 is 23.2 Å². The van der Waals surface area contributed by atoms with E-state index in [1.54, 1.807) is 41.9 Å². The average molecular weight is 528 g/mol. The second-order valence-electron chi connectivity index (χ2n) is 11.1. The largest absolute Gasteiger partial charge is 0.416 e. The lowest BCUT2D eigenvalue weighted by Gasteiger charge is -2.39. The van der Waals surface area contributed by atoms with Gasteiger partial charge >= 0.3 is 6.18 Å². The van der Waals surface area contributed by atoms with Crippen molar-refractivity contribution in [2.45, 2.75) is 70.4 Å². The zero-order valence-corrected chi connectivity index (χ0v) is 21.9. The molecule has 2 N–H and O–H groups in total. The molecule has 202 valence electrons. The first-order valence-electron chi connectivity index (χ1n) is 12.8. The highest BCUT2D eigenvalue weighted by Crippen LogP contribution is 2.42. The molecular weight excluding hydrogens is 495 g/mol. The van der Waals surface area contributed by atoms with Gasteiger partial charge in [-0.15, -0.1) is 10.2 Å². The van der Waals surface area contributed by atoms with Gasteiger partial charge in [0.1, 0.15) is 6.33 Å². The average Bonchev–Trinajstić information content (AvgIpc) is 3.43. The zero-order valence-electron chi connectivity index (χ0n) is 21.9. The standard InChI is InChI=1S/C28H32F3N5O2/c1-17(2)27(38,25-34-33-16-35(25)4)19-7-5-8-20(13-19)36-15-22-21(24(36)37)11-18(12-23(22)28(29,30)31)14-32-26(3)9-6-10-26/h5,7-8,11-13,16-17,32,38H,6,9-10,14-15H2,1-4H3. The van der Waals surface area contributed by atoms with Crippen molar-refractivity contribution in [2.75, 3.05) is 4.90 Å². The van der Waals surface area contributed by atoms with Crippen molar-refractivity contribution < 1.29 is 23.1 Å². The van der Waals surface area contributed by atoms with Gasteiger partial charge in [-0.2, -0.15) is 13.2 Å². The molecular formula is C28H32F3N5O2. The lowest BCUT2D eigenvalue weighted by atomic mass is 9.78. The van der Waals surface area contributed by atoms with Crippen molar-refractivity contribution in [3.05, 3.63) is 76.4 Å². The maximum absolute atomic E-state index is 14.1. The molecule has 1 aliphatic heterocycles. The van der Waals surface area contributed by atoms with Crippen LogP contribution in [0.2, 0.25) is 0 Å². The van der Waals surface area contributed by atoms with E-state index in [0.717, 1.165) is 25.3 Å². The first-order chi connectivity index (χ1) is 17.8. The Bertz CT molecular complexity index is 1380. The number of nitrogens with one attached hydrogen (secondary N) is 1. The summed E-state index contributed by atoms with van der Waals surface area (Å²) in [5.74, 6) is -0.472. The molecule has 2 aliphatic rings. The fourth-order valence-corrected chi connectivity index (χ4v) is 5.49. The minimum Gasteiger partial charge on any atom is -0.377 e. The van der Waals surface area contributed by atoms with Gasteiger partial charge in [0.05, 0.1) is 12.1 Å². The predicted octanol–water partition coefficient (Wildman–Crippen LogP) is 4.92. The summed E-state index contributed by atoms with van der Waals surface area (Å²) < 4.78 is 44.0. The van der Waals surface area contributed by atoms with E-state index in [4.69, 9.17) is 0 Å². The number of fused-ring (bicyclic) bond motifs is 1. The summed E-state index contributed by atoms with van der Waals surface area (Å²) in [5, 5.41) is 23.1. The number of aryl methyl sites for hydroxylation is 1. The van der Waals surface area contributed by atoms with Gasteiger partial charge in [0.2, 0.25) is 0 Å². The Hall–Kier alpha value is -3.24. The number of benzene rings is 2. The van der Waals surface area contributed by atoms with Crippen LogP contribution in [0.1, 0.15) is 78.5 Å². The summed E-state index contributed by atoms with van der Waals surface area (Å²) in [4.78, 5) is 14.9. The van der Waals surface area contributed by atoms with Crippen molar-refractivity contribution in [2.24, 2.45) is 13.0 Å². The molecule has 1 aliphatic carbocycles. The monoisotopic (exact) mass is 527 g/mol.